The van der Waals surface area contributed by atoms with Crippen molar-refractivity contribution in [1.82, 2.24) is 0 Å². The molecule has 1 unspecified atom stereocenters. The highest BCUT2D eigenvalue weighted by Crippen LogP contribution is 2.32. The summed E-state index contributed by atoms with van der Waals surface area (Å²) in [5.41, 5.74) is 11.8. The minimum Gasteiger partial charge on any atom is -0.330 e. The molecule has 1 atom stereocenters. The predicted molar refractivity (Wildman–Crippen MR) is 52.8 cm³/mol. The molecule has 12 heavy (non-hydrogen) atoms. The molecule has 2 heteroatoms. The van der Waals surface area contributed by atoms with Crippen molar-refractivity contribution in [3.63, 3.8) is 0 Å². The number of hydrogen-bond acceptors (Lipinski definition) is 2. The Morgan fingerprint density at radius 2 is 1.83 bits per heavy atom. The minimum atomic E-state index is -0.00479. The van der Waals surface area contributed by atoms with Crippen molar-refractivity contribution >= 4 is 0 Å². The summed E-state index contributed by atoms with van der Waals surface area (Å²) in [5, 5.41) is 0. The van der Waals surface area contributed by atoms with Gasteiger partial charge in [0.05, 0.1) is 0 Å². The lowest BCUT2D eigenvalue weighted by Crippen LogP contribution is -2.46. The van der Waals surface area contributed by atoms with Gasteiger partial charge in [0, 0.05) is 5.54 Å². The average Bonchev–Trinajstić information content (AvgIpc) is 2.06. The fraction of sp³-hybridized carbons (Fsp3) is 1.00. The average molecular weight is 170 g/mol. The van der Waals surface area contributed by atoms with Gasteiger partial charge in [-0.2, -0.15) is 0 Å². The summed E-state index contributed by atoms with van der Waals surface area (Å²) >= 11 is 0. The van der Waals surface area contributed by atoms with Gasteiger partial charge in [-0.3, -0.25) is 0 Å². The predicted octanol–water partition coefficient (Wildman–Crippen LogP) is 1.63. The van der Waals surface area contributed by atoms with Crippen molar-refractivity contribution in [3.8, 4) is 0 Å². The van der Waals surface area contributed by atoms with Crippen molar-refractivity contribution in [2.24, 2.45) is 17.4 Å². The molecule has 0 aromatic rings. The SMILES string of the molecule is CC(N)(CCN)C1CCCCC1. The van der Waals surface area contributed by atoms with E-state index in [0.29, 0.717) is 0 Å². The van der Waals surface area contributed by atoms with Gasteiger partial charge < -0.3 is 11.5 Å². The van der Waals surface area contributed by atoms with E-state index in [9.17, 15) is 0 Å². The Morgan fingerprint density at radius 3 is 2.33 bits per heavy atom. The normalized spacial score (nSPS) is 25.2. The van der Waals surface area contributed by atoms with Gasteiger partial charge in [0.2, 0.25) is 0 Å². The van der Waals surface area contributed by atoms with Crippen molar-refractivity contribution in [2.45, 2.75) is 51.0 Å². The maximum Gasteiger partial charge on any atom is 0.0166 e. The highest BCUT2D eigenvalue weighted by atomic mass is 14.8. The Kier molecular flexibility index (Phi) is 3.53. The third-order valence-electron chi connectivity index (χ3n) is 3.22. The Morgan fingerprint density at radius 1 is 1.25 bits per heavy atom. The fourth-order valence-electron chi connectivity index (χ4n) is 2.28. The third kappa shape index (κ3) is 2.46. The van der Waals surface area contributed by atoms with Gasteiger partial charge in [0.25, 0.3) is 0 Å². The molecule has 1 saturated carbocycles. The largest absolute Gasteiger partial charge is 0.330 e. The van der Waals surface area contributed by atoms with E-state index >= 15 is 0 Å². The van der Waals surface area contributed by atoms with Gasteiger partial charge in [0.1, 0.15) is 0 Å². The van der Waals surface area contributed by atoms with Crippen LogP contribution in [0, 0.1) is 5.92 Å². The molecule has 0 aromatic carbocycles. The molecule has 0 aromatic heterocycles. The van der Waals surface area contributed by atoms with Crippen LogP contribution < -0.4 is 11.5 Å². The highest BCUT2D eigenvalue weighted by Gasteiger charge is 2.29. The lowest BCUT2D eigenvalue weighted by Gasteiger charge is -2.36. The first-order valence-electron chi connectivity index (χ1n) is 5.16. The third-order valence-corrected chi connectivity index (χ3v) is 3.22. The van der Waals surface area contributed by atoms with E-state index in [1.165, 1.54) is 32.1 Å². The van der Waals surface area contributed by atoms with Crippen LogP contribution in [0.4, 0.5) is 0 Å². The smallest absolute Gasteiger partial charge is 0.0166 e. The number of hydrogen-bond donors (Lipinski definition) is 2. The Hall–Kier alpha value is -0.0800. The van der Waals surface area contributed by atoms with Gasteiger partial charge in [0.15, 0.2) is 0 Å². The van der Waals surface area contributed by atoms with Crippen LogP contribution in [0.15, 0.2) is 0 Å². The summed E-state index contributed by atoms with van der Waals surface area (Å²) in [6.45, 7) is 2.89. The van der Waals surface area contributed by atoms with E-state index in [4.69, 9.17) is 11.5 Å². The van der Waals surface area contributed by atoms with E-state index in [2.05, 4.69) is 6.92 Å². The second kappa shape index (κ2) is 4.24. The van der Waals surface area contributed by atoms with Crippen LogP contribution in [-0.4, -0.2) is 12.1 Å². The first-order valence-corrected chi connectivity index (χ1v) is 5.16. The molecule has 0 aliphatic heterocycles. The molecule has 0 radical (unpaired) electrons. The van der Waals surface area contributed by atoms with Crippen molar-refractivity contribution in [3.05, 3.63) is 0 Å². The van der Waals surface area contributed by atoms with Crippen LogP contribution in [-0.2, 0) is 0 Å². The minimum absolute atomic E-state index is 0.00479. The zero-order valence-electron chi connectivity index (χ0n) is 8.18. The molecule has 1 fully saturated rings. The van der Waals surface area contributed by atoms with Crippen LogP contribution >= 0.6 is 0 Å². The monoisotopic (exact) mass is 170 g/mol. The molecule has 0 heterocycles. The van der Waals surface area contributed by atoms with Crippen LogP contribution in [0.25, 0.3) is 0 Å². The number of rotatable bonds is 3. The molecule has 0 saturated heterocycles. The Labute approximate surface area is 75.7 Å². The van der Waals surface area contributed by atoms with Gasteiger partial charge in [-0.05, 0) is 38.6 Å². The van der Waals surface area contributed by atoms with E-state index in [1.807, 2.05) is 0 Å². The van der Waals surface area contributed by atoms with Crippen LogP contribution in [0.1, 0.15) is 45.4 Å². The molecule has 4 N–H and O–H groups in total. The quantitative estimate of drug-likeness (QED) is 0.676. The summed E-state index contributed by atoms with van der Waals surface area (Å²) < 4.78 is 0. The van der Waals surface area contributed by atoms with Crippen molar-refractivity contribution in [1.29, 1.82) is 0 Å². The molecule has 0 amide bonds. The standard InChI is InChI=1S/C10H22N2/c1-10(12,7-8-11)9-5-3-2-4-6-9/h9H,2-8,11-12H2,1H3. The van der Waals surface area contributed by atoms with E-state index in [0.717, 1.165) is 18.9 Å². The van der Waals surface area contributed by atoms with Gasteiger partial charge in [-0.15, -0.1) is 0 Å². The Bertz CT molecular complexity index is 126. The fourth-order valence-corrected chi connectivity index (χ4v) is 2.28. The second-order valence-corrected chi connectivity index (χ2v) is 4.38. The summed E-state index contributed by atoms with van der Waals surface area (Å²) in [6.07, 6.45) is 7.72. The maximum absolute atomic E-state index is 6.22. The molecule has 1 aliphatic rings. The lowest BCUT2D eigenvalue weighted by molar-refractivity contribution is 0.213. The molecular formula is C10H22N2. The number of nitrogens with two attached hydrogens (primary N) is 2. The maximum atomic E-state index is 6.22. The van der Waals surface area contributed by atoms with Crippen LogP contribution in [0.3, 0.4) is 0 Å². The molecule has 1 rings (SSSR count). The van der Waals surface area contributed by atoms with Crippen molar-refractivity contribution in [2.75, 3.05) is 6.54 Å². The molecule has 1 aliphatic carbocycles. The van der Waals surface area contributed by atoms with E-state index in [1.54, 1.807) is 0 Å². The summed E-state index contributed by atoms with van der Waals surface area (Å²) in [7, 11) is 0. The highest BCUT2D eigenvalue weighted by molar-refractivity contribution is 4.88. The van der Waals surface area contributed by atoms with Crippen LogP contribution in [0.5, 0.6) is 0 Å². The van der Waals surface area contributed by atoms with Gasteiger partial charge in [-0.25, -0.2) is 0 Å². The first kappa shape index (κ1) is 10.0. The first-order chi connectivity index (χ1) is 5.67. The van der Waals surface area contributed by atoms with Crippen molar-refractivity contribution < 1.29 is 0 Å². The second-order valence-electron chi connectivity index (χ2n) is 4.38. The van der Waals surface area contributed by atoms with Crippen LogP contribution in [0.2, 0.25) is 0 Å². The van der Waals surface area contributed by atoms with Gasteiger partial charge in [-0.1, -0.05) is 19.3 Å². The molecule has 2 nitrogen and oxygen atoms in total. The summed E-state index contributed by atoms with van der Waals surface area (Å²) in [6, 6.07) is 0. The summed E-state index contributed by atoms with van der Waals surface area (Å²) in [4.78, 5) is 0. The summed E-state index contributed by atoms with van der Waals surface area (Å²) in [5.74, 6) is 0.717. The molecule has 72 valence electrons. The molecular weight excluding hydrogens is 148 g/mol. The molecule has 0 bridgehead atoms. The lowest BCUT2D eigenvalue weighted by atomic mass is 9.75. The zero-order valence-corrected chi connectivity index (χ0v) is 8.18. The van der Waals surface area contributed by atoms with Gasteiger partial charge >= 0.3 is 0 Å². The van der Waals surface area contributed by atoms with E-state index in [-0.39, 0.29) is 5.54 Å². The topological polar surface area (TPSA) is 52.0 Å². The van der Waals surface area contributed by atoms with E-state index < -0.39 is 0 Å². The molecule has 0 spiro atoms. The Balaban J connectivity index is 2.41. The zero-order chi connectivity index (χ0) is 9.03.